The van der Waals surface area contributed by atoms with Crippen LogP contribution in [0, 0.1) is 0 Å². The summed E-state index contributed by atoms with van der Waals surface area (Å²) in [5.41, 5.74) is 0. The van der Waals surface area contributed by atoms with Gasteiger partial charge in [0, 0.05) is 6.61 Å². The highest BCUT2D eigenvalue weighted by Gasteiger charge is 2.09. The molecule has 0 saturated carbocycles. The average Bonchev–Trinajstić information content (AvgIpc) is 2.20. The fourth-order valence-corrected chi connectivity index (χ4v) is 1.01. The molecule has 0 aromatic carbocycles. The van der Waals surface area contributed by atoms with E-state index in [0.29, 0.717) is 31.3 Å². The van der Waals surface area contributed by atoms with Crippen LogP contribution >= 0.6 is 0 Å². The summed E-state index contributed by atoms with van der Waals surface area (Å²) in [6.45, 7) is 8.21. The van der Waals surface area contributed by atoms with Crippen LogP contribution in [0.15, 0.2) is 36.3 Å². The van der Waals surface area contributed by atoms with Gasteiger partial charge in [-0.05, 0) is 13.0 Å². The van der Waals surface area contributed by atoms with Crippen molar-refractivity contribution in [2.24, 2.45) is 0 Å². The monoisotopic (exact) mass is 196 g/mol. The van der Waals surface area contributed by atoms with Crippen LogP contribution in [0.5, 0.6) is 0 Å². The van der Waals surface area contributed by atoms with E-state index in [9.17, 15) is 0 Å². The molecule has 1 rings (SSSR count). The van der Waals surface area contributed by atoms with E-state index in [2.05, 4.69) is 6.58 Å². The van der Waals surface area contributed by atoms with Crippen LogP contribution in [-0.4, -0.2) is 26.4 Å². The summed E-state index contributed by atoms with van der Waals surface area (Å²) >= 11 is 0. The van der Waals surface area contributed by atoms with Crippen molar-refractivity contribution in [3.05, 3.63) is 36.3 Å². The van der Waals surface area contributed by atoms with Gasteiger partial charge in [0.25, 0.3) is 0 Å². The van der Waals surface area contributed by atoms with Gasteiger partial charge in [0.1, 0.15) is 13.2 Å². The van der Waals surface area contributed by atoms with Crippen molar-refractivity contribution in [3.8, 4) is 0 Å². The van der Waals surface area contributed by atoms with Crippen molar-refractivity contribution in [2.75, 3.05) is 26.4 Å². The Morgan fingerprint density at radius 2 is 2.21 bits per heavy atom. The highest BCUT2D eigenvalue weighted by Crippen LogP contribution is 2.15. The molecular weight excluding hydrogens is 180 g/mol. The van der Waals surface area contributed by atoms with Crippen LogP contribution in [0.25, 0.3) is 0 Å². The van der Waals surface area contributed by atoms with Gasteiger partial charge in [0.2, 0.25) is 0 Å². The first-order valence-corrected chi connectivity index (χ1v) is 4.74. The van der Waals surface area contributed by atoms with E-state index in [0.717, 1.165) is 6.61 Å². The molecule has 1 saturated heterocycles. The first kappa shape index (κ1) is 10.9. The molecule has 1 aliphatic rings. The van der Waals surface area contributed by atoms with Gasteiger partial charge in [0.15, 0.2) is 11.5 Å². The minimum atomic E-state index is 0.582. The van der Waals surface area contributed by atoms with E-state index in [1.807, 2.05) is 25.2 Å². The lowest BCUT2D eigenvalue weighted by Crippen LogP contribution is -2.12. The molecule has 0 bridgehead atoms. The predicted octanol–water partition coefficient (Wildman–Crippen LogP) is 2.02. The smallest absolute Gasteiger partial charge is 0.160 e. The van der Waals surface area contributed by atoms with Gasteiger partial charge in [-0.15, -0.1) is 0 Å². The molecule has 1 fully saturated rings. The Bertz CT molecular complexity index is 241. The van der Waals surface area contributed by atoms with Gasteiger partial charge in [0.05, 0.1) is 6.61 Å². The lowest BCUT2D eigenvalue weighted by Gasteiger charge is -2.18. The third-order valence-electron chi connectivity index (χ3n) is 1.69. The standard InChI is InChI=1S/C11H16O3/c1-3-12-7-5-4-6-11-10(2)13-8-9-14-11/h4-6H,2-3,7-9H2,1H3/b5-4-,11-6+. The highest BCUT2D eigenvalue weighted by atomic mass is 16.6. The minimum absolute atomic E-state index is 0.582. The molecular formula is C11H16O3. The first-order chi connectivity index (χ1) is 6.84. The number of hydrogen-bond donors (Lipinski definition) is 0. The summed E-state index contributed by atoms with van der Waals surface area (Å²) in [5, 5.41) is 0. The molecule has 1 heterocycles. The van der Waals surface area contributed by atoms with Crippen molar-refractivity contribution >= 4 is 0 Å². The molecule has 0 aromatic rings. The maximum Gasteiger partial charge on any atom is 0.160 e. The number of allylic oxidation sites excluding steroid dienone is 2. The predicted molar refractivity (Wildman–Crippen MR) is 54.8 cm³/mol. The number of ether oxygens (including phenoxy) is 3. The topological polar surface area (TPSA) is 27.7 Å². The largest absolute Gasteiger partial charge is 0.487 e. The zero-order valence-corrected chi connectivity index (χ0v) is 8.49. The highest BCUT2D eigenvalue weighted by molar-refractivity contribution is 5.23. The third kappa shape index (κ3) is 3.66. The summed E-state index contributed by atoms with van der Waals surface area (Å²) in [5.74, 6) is 1.29. The zero-order valence-electron chi connectivity index (χ0n) is 8.49. The van der Waals surface area contributed by atoms with Crippen molar-refractivity contribution < 1.29 is 14.2 Å². The second-order valence-corrected chi connectivity index (χ2v) is 2.74. The molecule has 0 amide bonds. The van der Waals surface area contributed by atoms with E-state index in [-0.39, 0.29) is 0 Å². The van der Waals surface area contributed by atoms with E-state index in [1.54, 1.807) is 0 Å². The van der Waals surface area contributed by atoms with Crippen LogP contribution in [0.1, 0.15) is 6.92 Å². The molecule has 0 spiro atoms. The number of hydrogen-bond acceptors (Lipinski definition) is 3. The lowest BCUT2D eigenvalue weighted by atomic mass is 10.3. The Morgan fingerprint density at radius 3 is 2.93 bits per heavy atom. The molecule has 0 radical (unpaired) electrons. The summed E-state index contributed by atoms with van der Waals surface area (Å²) in [6, 6.07) is 0. The van der Waals surface area contributed by atoms with Crippen molar-refractivity contribution in [1.82, 2.24) is 0 Å². The van der Waals surface area contributed by atoms with Gasteiger partial charge >= 0.3 is 0 Å². The Hall–Kier alpha value is -1.22. The fourth-order valence-electron chi connectivity index (χ4n) is 1.01. The molecule has 78 valence electrons. The van der Waals surface area contributed by atoms with Crippen LogP contribution in [0.3, 0.4) is 0 Å². The zero-order chi connectivity index (χ0) is 10.2. The third-order valence-corrected chi connectivity index (χ3v) is 1.69. The molecule has 0 atom stereocenters. The lowest BCUT2D eigenvalue weighted by molar-refractivity contribution is 0.0606. The van der Waals surface area contributed by atoms with Crippen molar-refractivity contribution in [1.29, 1.82) is 0 Å². The molecule has 1 aliphatic heterocycles. The fraction of sp³-hybridized carbons (Fsp3) is 0.455. The second kappa shape index (κ2) is 6.27. The minimum Gasteiger partial charge on any atom is -0.487 e. The number of rotatable bonds is 4. The normalized spacial score (nSPS) is 19.8. The Kier molecular flexibility index (Phi) is 4.86. The first-order valence-electron chi connectivity index (χ1n) is 4.74. The van der Waals surface area contributed by atoms with Gasteiger partial charge in [-0.25, -0.2) is 0 Å². The Labute approximate surface area is 84.7 Å². The maximum absolute atomic E-state index is 5.34. The Balaban J connectivity index is 2.34. The molecule has 0 N–H and O–H groups in total. The van der Waals surface area contributed by atoms with E-state index in [1.165, 1.54) is 0 Å². The van der Waals surface area contributed by atoms with Crippen LogP contribution in [-0.2, 0) is 14.2 Å². The summed E-state index contributed by atoms with van der Waals surface area (Å²) < 4.78 is 15.7. The molecule has 3 nitrogen and oxygen atoms in total. The molecule has 0 aromatic heterocycles. The maximum atomic E-state index is 5.34. The summed E-state index contributed by atoms with van der Waals surface area (Å²) in [6.07, 6.45) is 5.63. The van der Waals surface area contributed by atoms with Crippen LogP contribution in [0.4, 0.5) is 0 Å². The van der Waals surface area contributed by atoms with Gasteiger partial charge in [-0.2, -0.15) is 0 Å². The Morgan fingerprint density at radius 1 is 1.43 bits per heavy atom. The molecule has 0 unspecified atom stereocenters. The summed E-state index contributed by atoms with van der Waals surface area (Å²) in [7, 11) is 0. The van der Waals surface area contributed by atoms with Crippen molar-refractivity contribution in [3.63, 3.8) is 0 Å². The molecule has 14 heavy (non-hydrogen) atoms. The van der Waals surface area contributed by atoms with E-state index < -0.39 is 0 Å². The molecule has 0 aliphatic carbocycles. The van der Waals surface area contributed by atoms with E-state index in [4.69, 9.17) is 14.2 Å². The summed E-state index contributed by atoms with van der Waals surface area (Å²) in [4.78, 5) is 0. The van der Waals surface area contributed by atoms with E-state index >= 15 is 0 Å². The van der Waals surface area contributed by atoms with Gasteiger partial charge in [-0.3, -0.25) is 0 Å². The second-order valence-electron chi connectivity index (χ2n) is 2.74. The van der Waals surface area contributed by atoms with Gasteiger partial charge in [-0.1, -0.05) is 18.7 Å². The van der Waals surface area contributed by atoms with Crippen LogP contribution < -0.4 is 0 Å². The molecule has 3 heteroatoms. The van der Waals surface area contributed by atoms with Crippen LogP contribution in [0.2, 0.25) is 0 Å². The quantitative estimate of drug-likeness (QED) is 0.644. The SMILES string of the molecule is C=C1OCCO/C1=C/C=C\COCC. The average molecular weight is 196 g/mol. The van der Waals surface area contributed by atoms with Gasteiger partial charge < -0.3 is 14.2 Å². The van der Waals surface area contributed by atoms with Crippen molar-refractivity contribution in [2.45, 2.75) is 6.92 Å².